The van der Waals surface area contributed by atoms with E-state index in [1.165, 1.54) is 82.4 Å². The number of aliphatic carboxylic acids is 1. The van der Waals surface area contributed by atoms with E-state index in [4.69, 9.17) is 5.11 Å². The Balaban J connectivity index is 1.91. The highest BCUT2D eigenvalue weighted by atomic mass is 32.2. The first-order chi connectivity index (χ1) is 11.2. The van der Waals surface area contributed by atoms with Gasteiger partial charge < -0.3 is 10.5 Å². The molecule has 1 saturated carbocycles. The maximum Gasteiger partial charge on any atom is 0.363 e. The minimum absolute atomic E-state index is 0.210. The second kappa shape index (κ2) is 13.7. The molecule has 0 unspecified atom stereocenters. The van der Waals surface area contributed by atoms with E-state index in [0.29, 0.717) is 5.92 Å². The second-order valence-electron chi connectivity index (χ2n) is 6.56. The van der Waals surface area contributed by atoms with Crippen LogP contribution < -0.4 is 5.43 Å². The summed E-state index contributed by atoms with van der Waals surface area (Å²) in [6.45, 7) is 3.07. The third-order valence-electron chi connectivity index (χ3n) is 4.18. The average Bonchev–Trinajstić information content (AvgIpc) is 3.34. The minimum atomic E-state index is -0.912. The normalized spacial score (nSPS) is 14.9. The number of hydrazone groups is 1. The fourth-order valence-electron chi connectivity index (χ4n) is 2.47. The molecule has 0 aromatic heterocycles. The van der Waals surface area contributed by atoms with E-state index in [9.17, 15) is 4.79 Å². The smallest absolute Gasteiger partial charge is 0.363 e. The van der Waals surface area contributed by atoms with Crippen LogP contribution >= 0.6 is 11.8 Å². The second-order valence-corrected chi connectivity index (χ2v) is 7.64. The van der Waals surface area contributed by atoms with Crippen molar-refractivity contribution in [2.75, 3.05) is 12.3 Å². The van der Waals surface area contributed by atoms with Gasteiger partial charge in [-0.1, -0.05) is 76.5 Å². The number of carboxylic acid groups (broad SMARTS) is 1. The molecule has 0 saturated heterocycles. The summed E-state index contributed by atoms with van der Waals surface area (Å²) < 4.78 is 0. The molecule has 0 aliphatic heterocycles. The van der Waals surface area contributed by atoms with Gasteiger partial charge in [-0.25, -0.2) is 4.79 Å². The van der Waals surface area contributed by atoms with E-state index < -0.39 is 5.97 Å². The molecule has 5 heteroatoms. The van der Waals surface area contributed by atoms with Crippen LogP contribution in [0.15, 0.2) is 5.10 Å². The van der Waals surface area contributed by atoms with Crippen LogP contribution in [0.5, 0.6) is 0 Å². The van der Waals surface area contributed by atoms with Gasteiger partial charge in [0.25, 0.3) is 0 Å². The maximum absolute atomic E-state index is 11.1. The van der Waals surface area contributed by atoms with E-state index in [1.54, 1.807) is 0 Å². The number of rotatable bonds is 14. The van der Waals surface area contributed by atoms with E-state index in [-0.39, 0.29) is 5.04 Å². The molecule has 1 rings (SSSR count). The molecule has 1 aliphatic rings. The number of carboxylic acids is 1. The van der Waals surface area contributed by atoms with Crippen LogP contribution in [0.3, 0.4) is 0 Å². The van der Waals surface area contributed by atoms with Crippen LogP contribution in [0.25, 0.3) is 0 Å². The number of nitrogens with one attached hydrogen (secondary N) is 1. The Morgan fingerprint density at radius 2 is 1.61 bits per heavy atom. The van der Waals surface area contributed by atoms with Crippen molar-refractivity contribution in [3.63, 3.8) is 0 Å². The van der Waals surface area contributed by atoms with Crippen molar-refractivity contribution < 1.29 is 9.90 Å². The van der Waals surface area contributed by atoms with Gasteiger partial charge in [-0.3, -0.25) is 0 Å². The number of nitrogens with zero attached hydrogens (tertiary/aromatic N) is 1. The highest BCUT2D eigenvalue weighted by Gasteiger charge is 2.20. The Bertz CT molecular complexity index is 344. The summed E-state index contributed by atoms with van der Waals surface area (Å²) in [5.41, 5.74) is 2.90. The number of hydrogen-bond acceptors (Lipinski definition) is 4. The summed E-state index contributed by atoms with van der Waals surface area (Å²) in [4.78, 5) is 11.1. The zero-order valence-corrected chi connectivity index (χ0v) is 15.5. The van der Waals surface area contributed by atoms with Crippen LogP contribution in [0, 0.1) is 5.92 Å². The molecule has 4 nitrogen and oxygen atoms in total. The molecular weight excluding hydrogens is 308 g/mol. The summed E-state index contributed by atoms with van der Waals surface area (Å²) in [6, 6.07) is 0. The summed E-state index contributed by atoms with van der Waals surface area (Å²) in [7, 11) is 0. The highest BCUT2D eigenvalue weighted by Crippen LogP contribution is 2.27. The van der Waals surface area contributed by atoms with E-state index in [0.717, 1.165) is 18.7 Å². The Kier molecular flexibility index (Phi) is 12.1. The molecule has 0 heterocycles. The first kappa shape index (κ1) is 20.3. The van der Waals surface area contributed by atoms with Gasteiger partial charge in [0.1, 0.15) is 0 Å². The number of unbranched alkanes of at least 4 members (excludes halogenated alkanes) is 9. The molecule has 2 N–H and O–H groups in total. The number of hydrogen-bond donors (Lipinski definition) is 2. The van der Waals surface area contributed by atoms with Crippen molar-refractivity contribution in [2.45, 2.75) is 84.0 Å². The van der Waals surface area contributed by atoms with E-state index >= 15 is 0 Å². The lowest BCUT2D eigenvalue weighted by Crippen LogP contribution is -2.17. The molecular formula is C18H34N2O2S. The van der Waals surface area contributed by atoms with Gasteiger partial charge in [0.2, 0.25) is 5.04 Å². The molecule has 0 bridgehead atoms. The molecule has 134 valence electrons. The van der Waals surface area contributed by atoms with Crippen molar-refractivity contribution in [1.29, 1.82) is 0 Å². The lowest BCUT2D eigenvalue weighted by atomic mass is 10.1. The predicted octanol–water partition coefficient (Wildman–Crippen LogP) is 5.04. The maximum atomic E-state index is 11.1. The molecule has 0 aromatic rings. The molecule has 1 fully saturated rings. The Morgan fingerprint density at radius 1 is 1.04 bits per heavy atom. The van der Waals surface area contributed by atoms with Gasteiger partial charge in [-0.05, 0) is 30.9 Å². The third-order valence-corrected chi connectivity index (χ3v) is 5.21. The monoisotopic (exact) mass is 342 g/mol. The van der Waals surface area contributed by atoms with Gasteiger partial charge in [0.15, 0.2) is 0 Å². The zero-order valence-electron chi connectivity index (χ0n) is 14.7. The Labute approximate surface area is 145 Å². The average molecular weight is 343 g/mol. The van der Waals surface area contributed by atoms with Gasteiger partial charge in [-0.15, -0.1) is 0 Å². The topological polar surface area (TPSA) is 61.7 Å². The third kappa shape index (κ3) is 12.4. The van der Waals surface area contributed by atoms with Gasteiger partial charge in [-0.2, -0.15) is 5.10 Å². The van der Waals surface area contributed by atoms with E-state index in [2.05, 4.69) is 17.5 Å². The lowest BCUT2D eigenvalue weighted by molar-refractivity contribution is -0.129. The van der Waals surface area contributed by atoms with Crippen molar-refractivity contribution in [2.24, 2.45) is 11.0 Å². The van der Waals surface area contributed by atoms with Gasteiger partial charge in [0.05, 0.1) is 0 Å². The molecule has 0 spiro atoms. The van der Waals surface area contributed by atoms with Gasteiger partial charge in [0, 0.05) is 6.54 Å². The number of thioether (sulfide) groups is 1. The van der Waals surface area contributed by atoms with Crippen LogP contribution in [-0.4, -0.2) is 28.4 Å². The van der Waals surface area contributed by atoms with Crippen molar-refractivity contribution in [1.82, 2.24) is 5.43 Å². The quantitative estimate of drug-likeness (QED) is 0.201. The van der Waals surface area contributed by atoms with Crippen LogP contribution in [0.1, 0.15) is 84.0 Å². The molecule has 0 amide bonds. The predicted molar refractivity (Wildman–Crippen MR) is 100 cm³/mol. The summed E-state index contributed by atoms with van der Waals surface area (Å²) in [6.07, 6.45) is 15.5. The minimum Gasteiger partial charge on any atom is -0.476 e. The van der Waals surface area contributed by atoms with Crippen LogP contribution in [0.4, 0.5) is 0 Å². The van der Waals surface area contributed by atoms with Gasteiger partial charge >= 0.3 is 5.97 Å². The highest BCUT2D eigenvalue weighted by molar-refractivity contribution is 8.15. The standard InChI is InChI=1S/C18H34N2O2S/c1-2-3-4-5-6-7-8-9-10-11-14-23-17(18(21)22)20-19-15-16-12-13-16/h16,19H,2-15H2,1H3,(H,21,22)/b20-17-. The Morgan fingerprint density at radius 3 is 2.13 bits per heavy atom. The van der Waals surface area contributed by atoms with Crippen LogP contribution in [0.2, 0.25) is 0 Å². The van der Waals surface area contributed by atoms with Crippen LogP contribution in [-0.2, 0) is 4.79 Å². The SMILES string of the molecule is CCCCCCCCCCCCS/C(=N\NCC1CC1)C(=O)O. The largest absolute Gasteiger partial charge is 0.476 e. The molecule has 0 aromatic carbocycles. The fraction of sp³-hybridized carbons (Fsp3) is 0.889. The molecule has 0 radical (unpaired) electrons. The number of carbonyl (C=O) groups is 1. The summed E-state index contributed by atoms with van der Waals surface area (Å²) in [5, 5.41) is 13.3. The zero-order chi connectivity index (χ0) is 16.8. The molecule has 1 aliphatic carbocycles. The van der Waals surface area contributed by atoms with Crippen molar-refractivity contribution in [3.05, 3.63) is 0 Å². The fourth-order valence-corrected chi connectivity index (χ4v) is 3.26. The molecule has 0 atom stereocenters. The van der Waals surface area contributed by atoms with Crippen molar-refractivity contribution in [3.8, 4) is 0 Å². The Hall–Kier alpha value is -0.710. The lowest BCUT2D eigenvalue weighted by Gasteiger charge is -2.04. The summed E-state index contributed by atoms with van der Waals surface area (Å²) >= 11 is 1.37. The first-order valence-corrected chi connectivity index (χ1v) is 10.4. The van der Waals surface area contributed by atoms with E-state index in [1.807, 2.05) is 0 Å². The van der Waals surface area contributed by atoms with Crippen molar-refractivity contribution >= 4 is 22.8 Å². The first-order valence-electron chi connectivity index (χ1n) is 9.40. The molecule has 23 heavy (non-hydrogen) atoms. The summed E-state index contributed by atoms with van der Waals surface area (Å²) in [5.74, 6) is 0.651.